The third kappa shape index (κ3) is 1.97. The number of amides is 1. The average Bonchev–Trinajstić information content (AvgIpc) is 2.46. The third-order valence-electron chi connectivity index (χ3n) is 2.44. The van der Waals surface area contributed by atoms with E-state index >= 15 is 0 Å². The van der Waals surface area contributed by atoms with Gasteiger partial charge in [0, 0.05) is 17.9 Å². The number of nitrogens with zero attached hydrogens (tertiary/aromatic N) is 1. The van der Waals surface area contributed by atoms with Crippen LogP contribution in [0.15, 0.2) is 12.1 Å². The molecule has 14 heavy (non-hydrogen) atoms. The van der Waals surface area contributed by atoms with Gasteiger partial charge in [-0.1, -0.05) is 0 Å². The number of carbonyl (C=O) groups excluding carboxylic acids is 1. The van der Waals surface area contributed by atoms with Gasteiger partial charge in [-0.05, 0) is 39.8 Å². The molecule has 1 amide bonds. The smallest absolute Gasteiger partial charge is 0.242 e. The van der Waals surface area contributed by atoms with E-state index < -0.39 is 0 Å². The molecule has 1 N–H and O–H groups in total. The maximum atomic E-state index is 11.6. The van der Waals surface area contributed by atoms with Crippen molar-refractivity contribution in [1.29, 1.82) is 0 Å². The molecule has 1 heterocycles. The first-order valence-electron chi connectivity index (χ1n) is 5.00. The number of nitrogens with one attached hydrogen (secondary N) is 1. The summed E-state index contributed by atoms with van der Waals surface area (Å²) in [6.07, 6.45) is 0. The summed E-state index contributed by atoms with van der Waals surface area (Å²) in [4.78, 5) is 11.6. The fourth-order valence-corrected chi connectivity index (χ4v) is 1.73. The van der Waals surface area contributed by atoms with Crippen LogP contribution in [0.2, 0.25) is 0 Å². The third-order valence-corrected chi connectivity index (χ3v) is 2.44. The Morgan fingerprint density at radius 2 is 1.93 bits per heavy atom. The van der Waals surface area contributed by atoms with Crippen LogP contribution in [-0.2, 0) is 4.79 Å². The van der Waals surface area contributed by atoms with Crippen LogP contribution in [0.5, 0.6) is 0 Å². The van der Waals surface area contributed by atoms with Gasteiger partial charge in [0.25, 0.3) is 0 Å². The first-order chi connectivity index (χ1) is 6.57. The summed E-state index contributed by atoms with van der Waals surface area (Å²) >= 11 is 0. The van der Waals surface area contributed by atoms with Crippen molar-refractivity contribution in [2.75, 3.05) is 6.54 Å². The molecule has 78 valence electrons. The molecule has 0 radical (unpaired) electrons. The second-order valence-corrected chi connectivity index (χ2v) is 3.56. The Morgan fingerprint density at radius 3 is 2.36 bits per heavy atom. The van der Waals surface area contributed by atoms with E-state index in [4.69, 9.17) is 0 Å². The SMILES string of the molecule is CCNC(=O)C(C)n1c(C)ccc1C. The van der Waals surface area contributed by atoms with Crippen molar-refractivity contribution in [3.05, 3.63) is 23.5 Å². The largest absolute Gasteiger partial charge is 0.355 e. The minimum atomic E-state index is -0.120. The highest BCUT2D eigenvalue weighted by Gasteiger charge is 2.16. The second-order valence-electron chi connectivity index (χ2n) is 3.56. The highest BCUT2D eigenvalue weighted by Crippen LogP contribution is 2.15. The monoisotopic (exact) mass is 194 g/mol. The highest BCUT2D eigenvalue weighted by molar-refractivity contribution is 5.80. The lowest BCUT2D eigenvalue weighted by molar-refractivity contribution is -0.123. The van der Waals surface area contributed by atoms with Crippen LogP contribution >= 0.6 is 0 Å². The van der Waals surface area contributed by atoms with E-state index in [1.807, 2.05) is 44.4 Å². The van der Waals surface area contributed by atoms with Crippen molar-refractivity contribution in [2.24, 2.45) is 0 Å². The molecule has 0 aliphatic carbocycles. The summed E-state index contributed by atoms with van der Waals surface area (Å²) in [5, 5.41) is 2.83. The van der Waals surface area contributed by atoms with E-state index in [1.165, 1.54) is 0 Å². The Balaban J connectivity index is 2.88. The fourth-order valence-electron chi connectivity index (χ4n) is 1.73. The molecule has 3 heteroatoms. The van der Waals surface area contributed by atoms with Crippen LogP contribution in [0.25, 0.3) is 0 Å². The van der Waals surface area contributed by atoms with Crippen LogP contribution < -0.4 is 5.32 Å². The minimum absolute atomic E-state index is 0.0786. The van der Waals surface area contributed by atoms with Crippen molar-refractivity contribution in [2.45, 2.75) is 33.7 Å². The molecule has 1 unspecified atom stereocenters. The zero-order valence-electron chi connectivity index (χ0n) is 9.29. The molecule has 0 saturated carbocycles. The van der Waals surface area contributed by atoms with Crippen molar-refractivity contribution in [3.8, 4) is 0 Å². The molecular weight excluding hydrogens is 176 g/mol. The number of hydrogen-bond donors (Lipinski definition) is 1. The lowest BCUT2D eigenvalue weighted by Gasteiger charge is -2.17. The van der Waals surface area contributed by atoms with Gasteiger partial charge < -0.3 is 9.88 Å². The molecule has 0 aromatic carbocycles. The summed E-state index contributed by atoms with van der Waals surface area (Å²) in [7, 11) is 0. The average molecular weight is 194 g/mol. The standard InChI is InChI=1S/C11H18N2O/c1-5-12-11(14)10(4)13-8(2)6-7-9(13)3/h6-7,10H,5H2,1-4H3,(H,12,14). The number of carbonyl (C=O) groups is 1. The molecule has 0 bridgehead atoms. The zero-order chi connectivity index (χ0) is 10.7. The Hall–Kier alpha value is -1.25. The van der Waals surface area contributed by atoms with Crippen LogP contribution in [0.3, 0.4) is 0 Å². The van der Waals surface area contributed by atoms with Crippen molar-refractivity contribution in [1.82, 2.24) is 9.88 Å². The summed E-state index contributed by atoms with van der Waals surface area (Å²) in [5.74, 6) is 0.0786. The van der Waals surface area contributed by atoms with Gasteiger partial charge in [0.1, 0.15) is 6.04 Å². The number of hydrogen-bond acceptors (Lipinski definition) is 1. The Bertz CT molecular complexity index is 309. The lowest BCUT2D eigenvalue weighted by Crippen LogP contribution is -2.31. The van der Waals surface area contributed by atoms with Gasteiger partial charge in [0.15, 0.2) is 0 Å². The van der Waals surface area contributed by atoms with E-state index in [0.29, 0.717) is 6.54 Å². The highest BCUT2D eigenvalue weighted by atomic mass is 16.2. The molecule has 0 saturated heterocycles. The number of aromatic nitrogens is 1. The Labute approximate surface area is 85.1 Å². The number of likely N-dealkylation sites (N-methyl/N-ethyl adjacent to an activating group) is 1. The summed E-state index contributed by atoms with van der Waals surface area (Å²) in [5.41, 5.74) is 2.25. The second kappa shape index (κ2) is 4.31. The van der Waals surface area contributed by atoms with E-state index in [2.05, 4.69) is 5.32 Å². The van der Waals surface area contributed by atoms with Gasteiger partial charge in [-0.15, -0.1) is 0 Å². The first-order valence-corrected chi connectivity index (χ1v) is 5.00. The molecule has 3 nitrogen and oxygen atoms in total. The molecule has 1 atom stereocenters. The van der Waals surface area contributed by atoms with Gasteiger partial charge in [-0.25, -0.2) is 0 Å². The molecule has 1 aromatic rings. The van der Waals surface area contributed by atoms with E-state index in [9.17, 15) is 4.79 Å². The Kier molecular flexibility index (Phi) is 3.33. The molecule has 0 fully saturated rings. The van der Waals surface area contributed by atoms with Gasteiger partial charge in [0.05, 0.1) is 0 Å². The fraction of sp³-hybridized carbons (Fsp3) is 0.545. The predicted molar refractivity (Wildman–Crippen MR) is 57.3 cm³/mol. The van der Waals surface area contributed by atoms with Gasteiger partial charge in [-0.3, -0.25) is 4.79 Å². The maximum Gasteiger partial charge on any atom is 0.242 e. The lowest BCUT2D eigenvalue weighted by atomic mass is 10.3. The number of aryl methyl sites for hydroxylation is 2. The molecule has 0 aliphatic heterocycles. The maximum absolute atomic E-state index is 11.6. The van der Waals surface area contributed by atoms with Crippen molar-refractivity contribution >= 4 is 5.91 Å². The molecule has 1 aromatic heterocycles. The van der Waals surface area contributed by atoms with Crippen LogP contribution in [0, 0.1) is 13.8 Å². The van der Waals surface area contributed by atoms with Gasteiger partial charge in [0.2, 0.25) is 5.91 Å². The predicted octanol–water partition coefficient (Wildman–Crippen LogP) is 1.80. The van der Waals surface area contributed by atoms with E-state index in [-0.39, 0.29) is 11.9 Å². The van der Waals surface area contributed by atoms with Crippen molar-refractivity contribution in [3.63, 3.8) is 0 Å². The van der Waals surface area contributed by atoms with Crippen LogP contribution in [0.4, 0.5) is 0 Å². The zero-order valence-corrected chi connectivity index (χ0v) is 9.29. The van der Waals surface area contributed by atoms with Gasteiger partial charge >= 0.3 is 0 Å². The Morgan fingerprint density at radius 1 is 1.43 bits per heavy atom. The normalized spacial score (nSPS) is 12.6. The van der Waals surface area contributed by atoms with E-state index in [0.717, 1.165) is 11.4 Å². The molecular formula is C11H18N2O. The first kappa shape index (κ1) is 10.8. The van der Waals surface area contributed by atoms with Gasteiger partial charge in [-0.2, -0.15) is 0 Å². The minimum Gasteiger partial charge on any atom is -0.355 e. The molecule has 0 spiro atoms. The van der Waals surface area contributed by atoms with Crippen LogP contribution in [0.1, 0.15) is 31.3 Å². The summed E-state index contributed by atoms with van der Waals surface area (Å²) in [6.45, 7) is 8.57. The van der Waals surface area contributed by atoms with E-state index in [1.54, 1.807) is 0 Å². The number of rotatable bonds is 3. The van der Waals surface area contributed by atoms with Crippen LogP contribution in [-0.4, -0.2) is 17.0 Å². The summed E-state index contributed by atoms with van der Waals surface area (Å²) in [6, 6.07) is 3.95. The summed E-state index contributed by atoms with van der Waals surface area (Å²) < 4.78 is 2.05. The molecule has 1 rings (SSSR count). The molecule has 0 aliphatic rings. The topological polar surface area (TPSA) is 34.0 Å². The quantitative estimate of drug-likeness (QED) is 0.782. The van der Waals surface area contributed by atoms with Crippen molar-refractivity contribution < 1.29 is 4.79 Å².